The average molecular weight is 486 g/mol. The van der Waals surface area contributed by atoms with Crippen molar-refractivity contribution in [3.05, 3.63) is 45.8 Å². The Morgan fingerprint density at radius 1 is 1.24 bits per heavy atom. The molecule has 34 heavy (non-hydrogen) atoms. The van der Waals surface area contributed by atoms with Gasteiger partial charge in [-0.3, -0.25) is 14.6 Å². The molecule has 9 heteroatoms. The van der Waals surface area contributed by atoms with Crippen molar-refractivity contribution in [2.45, 2.75) is 33.1 Å². The molecule has 7 nitrogen and oxygen atoms in total. The third-order valence-corrected chi connectivity index (χ3v) is 7.56. The fourth-order valence-corrected chi connectivity index (χ4v) is 5.39. The standard InChI is InChI=1S/C25H32FN5O2S/c1-3-30(4-2)13-7-12-27-23(32)17-10-14-31(15-11-17)25-28-21-19(16-34-22(21)24(33)29-25)18-8-5-6-9-20(18)26/h5-6,8-9,16-17H,3-4,7,10-15H2,1-2H3,(H,27,32)(H,28,29,33). The summed E-state index contributed by atoms with van der Waals surface area (Å²) in [6, 6.07) is 6.53. The second kappa shape index (κ2) is 11.1. The minimum absolute atomic E-state index is 0.0321. The Bertz CT molecular complexity index is 1180. The van der Waals surface area contributed by atoms with E-state index in [1.807, 2.05) is 4.90 Å². The van der Waals surface area contributed by atoms with Crippen LogP contribution < -0.4 is 15.8 Å². The van der Waals surface area contributed by atoms with E-state index in [0.29, 0.717) is 59.8 Å². The molecule has 0 unspecified atom stereocenters. The van der Waals surface area contributed by atoms with Gasteiger partial charge >= 0.3 is 0 Å². The quantitative estimate of drug-likeness (QED) is 0.450. The summed E-state index contributed by atoms with van der Waals surface area (Å²) in [6.07, 6.45) is 2.35. The maximum Gasteiger partial charge on any atom is 0.270 e. The van der Waals surface area contributed by atoms with E-state index in [9.17, 15) is 14.0 Å². The first-order valence-corrected chi connectivity index (χ1v) is 12.9. The summed E-state index contributed by atoms with van der Waals surface area (Å²) in [5.41, 5.74) is 1.36. The molecule has 2 aromatic heterocycles. The zero-order valence-corrected chi connectivity index (χ0v) is 20.6. The van der Waals surface area contributed by atoms with Crippen LogP contribution in [0.2, 0.25) is 0 Å². The topological polar surface area (TPSA) is 81.3 Å². The second-order valence-corrected chi connectivity index (χ2v) is 9.51. The molecule has 1 aliphatic heterocycles. The molecular weight excluding hydrogens is 453 g/mol. The lowest BCUT2D eigenvalue weighted by molar-refractivity contribution is -0.125. The number of carbonyl (C=O) groups is 1. The third kappa shape index (κ3) is 5.31. The second-order valence-electron chi connectivity index (χ2n) is 8.63. The fourth-order valence-electron chi connectivity index (χ4n) is 4.49. The molecule has 0 bridgehead atoms. The summed E-state index contributed by atoms with van der Waals surface area (Å²) < 4.78 is 14.9. The van der Waals surface area contributed by atoms with Crippen molar-refractivity contribution in [2.24, 2.45) is 5.92 Å². The highest BCUT2D eigenvalue weighted by Gasteiger charge is 2.26. The predicted octanol–water partition coefficient (Wildman–Crippen LogP) is 3.86. The largest absolute Gasteiger partial charge is 0.356 e. The molecule has 0 radical (unpaired) electrons. The summed E-state index contributed by atoms with van der Waals surface area (Å²) in [5, 5.41) is 4.86. The highest BCUT2D eigenvalue weighted by molar-refractivity contribution is 7.17. The number of hydrogen-bond donors (Lipinski definition) is 2. The van der Waals surface area contributed by atoms with Crippen LogP contribution in [0.3, 0.4) is 0 Å². The minimum atomic E-state index is -0.338. The van der Waals surface area contributed by atoms with Gasteiger partial charge < -0.3 is 15.1 Å². The molecule has 0 atom stereocenters. The van der Waals surface area contributed by atoms with Gasteiger partial charge in [-0.05, 0) is 45.0 Å². The number of halogens is 1. The molecule has 3 heterocycles. The smallest absolute Gasteiger partial charge is 0.270 e. The summed E-state index contributed by atoms with van der Waals surface area (Å²) >= 11 is 1.27. The van der Waals surface area contributed by atoms with Gasteiger partial charge in [-0.1, -0.05) is 32.0 Å². The van der Waals surface area contributed by atoms with Crippen LogP contribution in [0.5, 0.6) is 0 Å². The van der Waals surface area contributed by atoms with Gasteiger partial charge in [0.2, 0.25) is 11.9 Å². The Morgan fingerprint density at radius 2 is 1.97 bits per heavy atom. The number of fused-ring (bicyclic) bond motifs is 1. The maximum absolute atomic E-state index is 14.4. The van der Waals surface area contributed by atoms with Gasteiger partial charge in [0, 0.05) is 42.1 Å². The van der Waals surface area contributed by atoms with Crippen LogP contribution in [0.15, 0.2) is 34.4 Å². The third-order valence-electron chi connectivity index (χ3n) is 6.59. The number of hydrogen-bond acceptors (Lipinski definition) is 6. The van der Waals surface area contributed by atoms with Gasteiger partial charge in [-0.25, -0.2) is 9.37 Å². The van der Waals surface area contributed by atoms with E-state index in [0.717, 1.165) is 26.1 Å². The monoisotopic (exact) mass is 485 g/mol. The van der Waals surface area contributed by atoms with Gasteiger partial charge in [-0.2, -0.15) is 0 Å². The molecule has 1 aliphatic rings. The number of amides is 1. The number of nitrogens with one attached hydrogen (secondary N) is 2. The van der Waals surface area contributed by atoms with Crippen molar-refractivity contribution in [1.29, 1.82) is 0 Å². The number of benzene rings is 1. The van der Waals surface area contributed by atoms with Crippen LogP contribution >= 0.6 is 11.3 Å². The summed E-state index contributed by atoms with van der Waals surface area (Å²) in [6.45, 7) is 9.29. The van der Waals surface area contributed by atoms with Crippen molar-refractivity contribution in [3.8, 4) is 11.1 Å². The van der Waals surface area contributed by atoms with Crippen molar-refractivity contribution >= 4 is 33.4 Å². The molecule has 182 valence electrons. The summed E-state index contributed by atoms with van der Waals surface area (Å²) in [7, 11) is 0. The van der Waals surface area contributed by atoms with Gasteiger partial charge in [0.05, 0.1) is 5.52 Å². The number of carbonyl (C=O) groups excluding carboxylic acids is 1. The normalized spacial score (nSPS) is 14.8. The van der Waals surface area contributed by atoms with E-state index in [-0.39, 0.29) is 23.2 Å². The van der Waals surface area contributed by atoms with Crippen molar-refractivity contribution in [2.75, 3.05) is 44.2 Å². The molecule has 4 rings (SSSR count). The number of anilines is 1. The summed E-state index contributed by atoms with van der Waals surface area (Å²) in [4.78, 5) is 37.3. The van der Waals surface area contributed by atoms with Crippen molar-refractivity contribution in [1.82, 2.24) is 20.2 Å². The van der Waals surface area contributed by atoms with Crippen LogP contribution in [-0.4, -0.2) is 60.0 Å². The van der Waals surface area contributed by atoms with E-state index in [1.54, 1.807) is 23.6 Å². The number of aromatic amines is 1. The number of piperidine rings is 1. The zero-order chi connectivity index (χ0) is 24.1. The molecule has 0 saturated carbocycles. The van der Waals surface area contributed by atoms with E-state index >= 15 is 0 Å². The van der Waals surface area contributed by atoms with E-state index in [4.69, 9.17) is 4.98 Å². The number of nitrogens with zero attached hydrogens (tertiary/aromatic N) is 3. The molecule has 2 N–H and O–H groups in total. The highest BCUT2D eigenvalue weighted by atomic mass is 32.1. The molecular formula is C25H32FN5O2S. The summed E-state index contributed by atoms with van der Waals surface area (Å²) in [5.74, 6) is 0.215. The van der Waals surface area contributed by atoms with Gasteiger partial charge in [-0.15, -0.1) is 11.3 Å². The molecule has 0 aliphatic carbocycles. The van der Waals surface area contributed by atoms with Crippen LogP contribution in [0.25, 0.3) is 21.3 Å². The van der Waals surface area contributed by atoms with Crippen molar-refractivity contribution in [3.63, 3.8) is 0 Å². The van der Waals surface area contributed by atoms with Crippen LogP contribution in [-0.2, 0) is 4.79 Å². The van der Waals surface area contributed by atoms with E-state index in [2.05, 4.69) is 29.0 Å². The van der Waals surface area contributed by atoms with Crippen LogP contribution in [0, 0.1) is 11.7 Å². The Kier molecular flexibility index (Phi) is 7.95. The number of aromatic nitrogens is 2. The van der Waals surface area contributed by atoms with Gasteiger partial charge in [0.15, 0.2) is 0 Å². The predicted molar refractivity (Wildman–Crippen MR) is 136 cm³/mol. The Balaban J connectivity index is 1.40. The first-order valence-electron chi connectivity index (χ1n) is 12.0. The Hall–Kier alpha value is -2.78. The first kappa shape index (κ1) is 24.3. The number of H-pyrrole nitrogens is 1. The van der Waals surface area contributed by atoms with E-state index < -0.39 is 0 Å². The molecule has 1 aromatic carbocycles. The maximum atomic E-state index is 14.4. The minimum Gasteiger partial charge on any atom is -0.356 e. The number of rotatable bonds is 9. The van der Waals surface area contributed by atoms with Crippen molar-refractivity contribution < 1.29 is 9.18 Å². The zero-order valence-electron chi connectivity index (χ0n) is 19.8. The van der Waals surface area contributed by atoms with Crippen LogP contribution in [0.4, 0.5) is 10.3 Å². The number of thiophene rings is 1. The van der Waals surface area contributed by atoms with Gasteiger partial charge in [0.25, 0.3) is 5.56 Å². The lowest BCUT2D eigenvalue weighted by atomic mass is 9.96. The molecule has 1 fully saturated rings. The van der Waals surface area contributed by atoms with Crippen LogP contribution in [0.1, 0.15) is 33.1 Å². The lowest BCUT2D eigenvalue weighted by Gasteiger charge is -2.31. The average Bonchev–Trinajstić information content (AvgIpc) is 3.29. The first-order chi connectivity index (χ1) is 16.5. The Labute approximate surface area is 203 Å². The molecule has 1 saturated heterocycles. The van der Waals surface area contributed by atoms with Gasteiger partial charge in [0.1, 0.15) is 10.5 Å². The molecule has 3 aromatic rings. The molecule has 0 spiro atoms. The molecule has 1 amide bonds. The lowest BCUT2D eigenvalue weighted by Crippen LogP contribution is -2.42. The fraction of sp³-hybridized carbons (Fsp3) is 0.480. The SMILES string of the molecule is CCN(CC)CCCNC(=O)C1CCN(c2nc3c(-c4ccccc4F)csc3c(=O)[nH]2)CC1. The Morgan fingerprint density at radius 3 is 2.68 bits per heavy atom. The van der Waals surface area contributed by atoms with E-state index in [1.165, 1.54) is 17.4 Å². The highest BCUT2D eigenvalue weighted by Crippen LogP contribution is 2.33.